The summed E-state index contributed by atoms with van der Waals surface area (Å²) in [6.45, 7) is 6.56. The third-order valence-corrected chi connectivity index (χ3v) is 3.20. The van der Waals surface area contributed by atoms with Crippen LogP contribution in [0.5, 0.6) is 0 Å². The lowest BCUT2D eigenvalue weighted by Gasteiger charge is -2.26. The van der Waals surface area contributed by atoms with Crippen molar-refractivity contribution in [2.24, 2.45) is 7.05 Å². The maximum absolute atomic E-state index is 12.8. The maximum Gasteiger partial charge on any atom is 0.405 e. The summed E-state index contributed by atoms with van der Waals surface area (Å²) in [5.41, 5.74) is 1.63. The van der Waals surface area contributed by atoms with Gasteiger partial charge in [-0.2, -0.15) is 18.3 Å². The summed E-state index contributed by atoms with van der Waals surface area (Å²) >= 11 is 0. The Kier molecular flexibility index (Phi) is 6.51. The molecule has 0 aliphatic rings. The summed E-state index contributed by atoms with van der Waals surface area (Å²) in [5, 5.41) is 7.54. The number of alkyl halides is 3. The van der Waals surface area contributed by atoms with Crippen LogP contribution in [0.1, 0.15) is 37.9 Å². The van der Waals surface area contributed by atoms with Gasteiger partial charge in [-0.15, -0.1) is 0 Å². The van der Waals surface area contributed by atoms with Crippen molar-refractivity contribution in [2.45, 2.75) is 46.3 Å². The first-order valence-electron chi connectivity index (χ1n) is 7.35. The van der Waals surface area contributed by atoms with E-state index in [0.29, 0.717) is 25.3 Å². The molecule has 1 rings (SSSR count). The number of aromatic nitrogens is 2. The molecule has 1 aromatic heterocycles. The average Bonchev–Trinajstić information content (AvgIpc) is 2.62. The number of nitrogens with one attached hydrogen (secondary N) is 1. The highest BCUT2D eigenvalue weighted by Gasteiger charge is 2.33. The van der Waals surface area contributed by atoms with Gasteiger partial charge in [0.15, 0.2) is 0 Å². The van der Waals surface area contributed by atoms with Crippen LogP contribution in [0.3, 0.4) is 0 Å². The zero-order chi connectivity index (χ0) is 16.0. The molecule has 0 spiro atoms. The molecule has 4 nitrogen and oxygen atoms in total. The molecule has 122 valence electrons. The van der Waals surface area contributed by atoms with E-state index in [1.54, 1.807) is 11.7 Å². The van der Waals surface area contributed by atoms with Crippen LogP contribution in [0.2, 0.25) is 0 Å². The SMILES string of the molecule is CCCNCc1c(C)nn(C)c1N(CCC)CC(F)(F)F. The third kappa shape index (κ3) is 5.22. The highest BCUT2D eigenvalue weighted by atomic mass is 19.4. The monoisotopic (exact) mass is 306 g/mol. The number of aryl methyl sites for hydroxylation is 2. The molecule has 0 bridgehead atoms. The highest BCUT2D eigenvalue weighted by molar-refractivity contribution is 5.50. The second-order valence-electron chi connectivity index (χ2n) is 5.22. The second kappa shape index (κ2) is 7.68. The topological polar surface area (TPSA) is 33.1 Å². The van der Waals surface area contributed by atoms with E-state index in [0.717, 1.165) is 24.2 Å². The molecule has 0 saturated carbocycles. The van der Waals surface area contributed by atoms with E-state index in [4.69, 9.17) is 0 Å². The van der Waals surface area contributed by atoms with Crippen molar-refractivity contribution < 1.29 is 13.2 Å². The number of anilines is 1. The van der Waals surface area contributed by atoms with Gasteiger partial charge >= 0.3 is 6.18 Å². The van der Waals surface area contributed by atoms with Crippen molar-refractivity contribution >= 4 is 5.82 Å². The molecule has 0 aliphatic heterocycles. The third-order valence-electron chi connectivity index (χ3n) is 3.20. The van der Waals surface area contributed by atoms with Crippen LogP contribution in [0, 0.1) is 6.92 Å². The van der Waals surface area contributed by atoms with Gasteiger partial charge in [-0.1, -0.05) is 13.8 Å². The Hall–Kier alpha value is -1.24. The Balaban J connectivity index is 3.05. The molecular formula is C14H25F3N4. The minimum absolute atomic E-state index is 0.360. The molecule has 0 saturated heterocycles. The number of hydrogen-bond acceptors (Lipinski definition) is 3. The first kappa shape index (κ1) is 17.8. The van der Waals surface area contributed by atoms with Crippen LogP contribution in [0.4, 0.5) is 19.0 Å². The van der Waals surface area contributed by atoms with E-state index in [1.165, 1.54) is 4.90 Å². The molecule has 1 heterocycles. The quantitative estimate of drug-likeness (QED) is 0.750. The van der Waals surface area contributed by atoms with Gasteiger partial charge in [-0.3, -0.25) is 4.68 Å². The van der Waals surface area contributed by atoms with Crippen LogP contribution >= 0.6 is 0 Å². The molecule has 0 amide bonds. The summed E-state index contributed by atoms with van der Waals surface area (Å²) in [6.07, 6.45) is -2.58. The fourth-order valence-corrected chi connectivity index (χ4v) is 2.43. The largest absolute Gasteiger partial charge is 0.405 e. The molecule has 0 aliphatic carbocycles. The van der Waals surface area contributed by atoms with Crippen LogP contribution in [0.25, 0.3) is 0 Å². The first-order chi connectivity index (χ1) is 9.80. The van der Waals surface area contributed by atoms with Gasteiger partial charge in [0.25, 0.3) is 0 Å². The first-order valence-corrected chi connectivity index (χ1v) is 7.35. The Morgan fingerprint density at radius 3 is 2.43 bits per heavy atom. The van der Waals surface area contributed by atoms with Gasteiger partial charge in [0, 0.05) is 25.7 Å². The molecule has 0 fully saturated rings. The van der Waals surface area contributed by atoms with Gasteiger partial charge in [0.1, 0.15) is 12.4 Å². The van der Waals surface area contributed by atoms with Crippen LogP contribution in [-0.2, 0) is 13.6 Å². The van der Waals surface area contributed by atoms with Crippen molar-refractivity contribution in [1.82, 2.24) is 15.1 Å². The van der Waals surface area contributed by atoms with Crippen molar-refractivity contribution in [2.75, 3.05) is 24.5 Å². The Morgan fingerprint density at radius 1 is 1.24 bits per heavy atom. The van der Waals surface area contributed by atoms with E-state index in [-0.39, 0.29) is 0 Å². The van der Waals surface area contributed by atoms with Gasteiger partial charge in [-0.05, 0) is 26.3 Å². The Morgan fingerprint density at radius 2 is 1.90 bits per heavy atom. The lowest BCUT2D eigenvalue weighted by molar-refractivity contribution is -0.119. The fraction of sp³-hybridized carbons (Fsp3) is 0.786. The van der Waals surface area contributed by atoms with Gasteiger partial charge < -0.3 is 10.2 Å². The maximum atomic E-state index is 12.8. The van der Waals surface area contributed by atoms with E-state index >= 15 is 0 Å². The molecule has 21 heavy (non-hydrogen) atoms. The molecule has 0 radical (unpaired) electrons. The van der Waals surface area contributed by atoms with Crippen LogP contribution < -0.4 is 10.2 Å². The van der Waals surface area contributed by atoms with E-state index < -0.39 is 12.7 Å². The Labute approximate surface area is 124 Å². The standard InChI is InChI=1S/C14H25F3N4/c1-5-7-18-9-12-11(3)19-20(4)13(12)21(8-6-2)10-14(15,16)17/h18H,5-10H2,1-4H3. The Bertz CT molecular complexity index is 440. The summed E-state index contributed by atoms with van der Waals surface area (Å²) < 4.78 is 40.0. The minimum Gasteiger partial charge on any atom is -0.347 e. The van der Waals surface area contributed by atoms with E-state index in [1.807, 2.05) is 13.8 Å². The summed E-state index contributed by atoms with van der Waals surface area (Å²) in [7, 11) is 1.70. The van der Waals surface area contributed by atoms with Crippen molar-refractivity contribution in [3.63, 3.8) is 0 Å². The number of rotatable bonds is 8. The van der Waals surface area contributed by atoms with Crippen molar-refractivity contribution in [3.05, 3.63) is 11.3 Å². The predicted molar refractivity (Wildman–Crippen MR) is 78.5 cm³/mol. The second-order valence-corrected chi connectivity index (χ2v) is 5.22. The normalized spacial score (nSPS) is 12.0. The van der Waals surface area contributed by atoms with Crippen molar-refractivity contribution in [3.8, 4) is 0 Å². The summed E-state index contributed by atoms with van der Waals surface area (Å²) in [4.78, 5) is 1.38. The molecule has 7 heteroatoms. The van der Waals surface area contributed by atoms with Crippen LogP contribution in [-0.4, -0.2) is 35.6 Å². The summed E-state index contributed by atoms with van der Waals surface area (Å²) in [6, 6.07) is 0. The summed E-state index contributed by atoms with van der Waals surface area (Å²) in [5.74, 6) is 0.565. The minimum atomic E-state index is -4.22. The smallest absolute Gasteiger partial charge is 0.347 e. The molecule has 0 aromatic carbocycles. The molecule has 0 unspecified atom stereocenters. The predicted octanol–water partition coefficient (Wildman–Crippen LogP) is 3.01. The molecule has 1 N–H and O–H groups in total. The molecule has 0 atom stereocenters. The molecule has 1 aromatic rings. The van der Waals surface area contributed by atoms with Crippen LogP contribution in [0.15, 0.2) is 0 Å². The number of hydrogen-bond donors (Lipinski definition) is 1. The van der Waals surface area contributed by atoms with Gasteiger partial charge in [-0.25, -0.2) is 0 Å². The molecular weight excluding hydrogens is 281 g/mol. The number of halogens is 3. The number of nitrogens with zero attached hydrogens (tertiary/aromatic N) is 3. The highest BCUT2D eigenvalue weighted by Crippen LogP contribution is 2.27. The lowest BCUT2D eigenvalue weighted by Crippen LogP contribution is -2.37. The zero-order valence-electron chi connectivity index (χ0n) is 13.2. The lowest BCUT2D eigenvalue weighted by atomic mass is 10.2. The van der Waals surface area contributed by atoms with Gasteiger partial charge in [0.05, 0.1) is 5.69 Å². The fourth-order valence-electron chi connectivity index (χ4n) is 2.43. The van der Waals surface area contributed by atoms with E-state index in [2.05, 4.69) is 17.3 Å². The van der Waals surface area contributed by atoms with E-state index in [9.17, 15) is 13.2 Å². The zero-order valence-corrected chi connectivity index (χ0v) is 13.2. The van der Waals surface area contributed by atoms with Gasteiger partial charge in [0.2, 0.25) is 0 Å². The van der Waals surface area contributed by atoms with Crippen molar-refractivity contribution in [1.29, 1.82) is 0 Å². The average molecular weight is 306 g/mol.